The maximum absolute atomic E-state index is 8.79. The summed E-state index contributed by atoms with van der Waals surface area (Å²) in [4.78, 5) is 1.93. The molecule has 1 atom stereocenters. The van der Waals surface area contributed by atoms with E-state index in [1.165, 1.54) is 21.8 Å². The molecule has 0 saturated carbocycles. The van der Waals surface area contributed by atoms with Gasteiger partial charge in [-0.25, -0.2) is 0 Å². The molecule has 0 spiro atoms. The maximum Gasteiger partial charge on any atom is 0.119 e. The first kappa shape index (κ1) is 13.6. The molecule has 0 saturated heterocycles. The highest BCUT2D eigenvalue weighted by Crippen LogP contribution is 2.20. The molecule has 0 radical (unpaired) electrons. The summed E-state index contributed by atoms with van der Waals surface area (Å²) >= 11 is 1.53. The number of nitriles is 1. The van der Waals surface area contributed by atoms with Crippen molar-refractivity contribution in [2.24, 2.45) is 0 Å². The largest absolute Gasteiger partial charge is 0.497 e. The lowest BCUT2D eigenvalue weighted by Gasteiger charge is -2.14. The topological polar surface area (TPSA) is 45.0 Å². The minimum absolute atomic E-state index is 0.239. The number of rotatable bonds is 5. The Balaban J connectivity index is 1.97. The molecule has 1 unspecified atom stereocenters. The van der Waals surface area contributed by atoms with Crippen molar-refractivity contribution in [2.45, 2.75) is 19.5 Å². The van der Waals surface area contributed by atoms with Crippen LogP contribution in [0.2, 0.25) is 0 Å². The third kappa shape index (κ3) is 3.57. The SMILES string of the molecule is COc1cccc(C(C)NCc2ccc(C#N)s2)c1. The Hall–Kier alpha value is -1.83. The predicted octanol–water partition coefficient (Wildman–Crippen LogP) is 3.48. The van der Waals surface area contributed by atoms with Crippen LogP contribution in [0.25, 0.3) is 0 Å². The fraction of sp³-hybridized carbons (Fsp3) is 0.267. The standard InChI is InChI=1S/C15H16N2OS/c1-11(12-4-3-5-13(8-12)18-2)17-10-15-7-6-14(9-16)19-15/h3-8,11,17H,10H2,1-2H3. The number of hydrogen-bond donors (Lipinski definition) is 1. The molecule has 0 fully saturated rings. The number of thiophene rings is 1. The lowest BCUT2D eigenvalue weighted by molar-refractivity contribution is 0.413. The van der Waals surface area contributed by atoms with E-state index in [1.54, 1.807) is 7.11 Å². The van der Waals surface area contributed by atoms with E-state index in [0.29, 0.717) is 0 Å². The third-order valence-electron chi connectivity index (χ3n) is 2.95. The van der Waals surface area contributed by atoms with Crippen molar-refractivity contribution < 1.29 is 4.74 Å². The van der Waals surface area contributed by atoms with Crippen LogP contribution < -0.4 is 10.1 Å². The lowest BCUT2D eigenvalue weighted by Crippen LogP contribution is -2.17. The van der Waals surface area contributed by atoms with E-state index in [9.17, 15) is 0 Å². The first-order chi connectivity index (χ1) is 9.22. The minimum Gasteiger partial charge on any atom is -0.497 e. The van der Waals surface area contributed by atoms with Crippen LogP contribution in [0.5, 0.6) is 5.75 Å². The number of methoxy groups -OCH3 is 1. The summed E-state index contributed by atoms with van der Waals surface area (Å²) in [5, 5.41) is 12.2. The summed E-state index contributed by atoms with van der Waals surface area (Å²) in [7, 11) is 1.67. The zero-order valence-electron chi connectivity index (χ0n) is 11.0. The Morgan fingerprint density at radius 2 is 2.21 bits per heavy atom. The lowest BCUT2D eigenvalue weighted by atomic mass is 10.1. The van der Waals surface area contributed by atoms with Crippen molar-refractivity contribution in [3.63, 3.8) is 0 Å². The molecule has 0 aliphatic carbocycles. The second-order valence-electron chi connectivity index (χ2n) is 4.26. The van der Waals surface area contributed by atoms with Crippen molar-refractivity contribution in [1.82, 2.24) is 5.32 Å². The van der Waals surface area contributed by atoms with E-state index in [-0.39, 0.29) is 6.04 Å². The zero-order chi connectivity index (χ0) is 13.7. The maximum atomic E-state index is 8.79. The highest BCUT2D eigenvalue weighted by atomic mass is 32.1. The van der Waals surface area contributed by atoms with Crippen molar-refractivity contribution in [2.75, 3.05) is 7.11 Å². The zero-order valence-corrected chi connectivity index (χ0v) is 11.8. The van der Waals surface area contributed by atoms with Gasteiger partial charge in [-0.2, -0.15) is 5.26 Å². The Morgan fingerprint density at radius 3 is 2.89 bits per heavy atom. The van der Waals surface area contributed by atoms with Gasteiger partial charge in [-0.1, -0.05) is 12.1 Å². The quantitative estimate of drug-likeness (QED) is 0.906. The average molecular weight is 272 g/mol. The van der Waals surface area contributed by atoms with Crippen LogP contribution in [0.3, 0.4) is 0 Å². The second kappa shape index (κ2) is 6.37. The number of benzene rings is 1. The third-order valence-corrected chi connectivity index (χ3v) is 3.94. The molecule has 1 N–H and O–H groups in total. The van der Waals surface area contributed by atoms with Crippen molar-refractivity contribution in [3.05, 3.63) is 51.7 Å². The molecule has 1 aromatic carbocycles. The molecule has 1 heterocycles. The van der Waals surface area contributed by atoms with Crippen molar-refractivity contribution in [3.8, 4) is 11.8 Å². The molecule has 0 amide bonds. The first-order valence-corrected chi connectivity index (χ1v) is 6.90. The van der Waals surface area contributed by atoms with Crippen molar-refractivity contribution in [1.29, 1.82) is 5.26 Å². The van der Waals surface area contributed by atoms with Crippen LogP contribution in [-0.2, 0) is 6.54 Å². The van der Waals surface area contributed by atoms with Gasteiger partial charge in [0.25, 0.3) is 0 Å². The van der Waals surface area contributed by atoms with Crippen LogP contribution in [0.15, 0.2) is 36.4 Å². The summed E-state index contributed by atoms with van der Waals surface area (Å²) in [6.07, 6.45) is 0. The fourth-order valence-electron chi connectivity index (χ4n) is 1.82. The summed E-state index contributed by atoms with van der Waals surface area (Å²) in [5.41, 5.74) is 1.19. The molecule has 3 nitrogen and oxygen atoms in total. The molecule has 4 heteroatoms. The molecule has 98 valence electrons. The Bertz CT molecular complexity index is 586. The highest BCUT2D eigenvalue weighted by Gasteiger charge is 2.07. The fourth-order valence-corrected chi connectivity index (χ4v) is 2.57. The normalized spacial score (nSPS) is 11.8. The van der Waals surface area contributed by atoms with Crippen LogP contribution >= 0.6 is 11.3 Å². The number of nitrogens with zero attached hydrogens (tertiary/aromatic N) is 1. The highest BCUT2D eigenvalue weighted by molar-refractivity contribution is 7.12. The van der Waals surface area contributed by atoms with Gasteiger partial charge in [0.2, 0.25) is 0 Å². The second-order valence-corrected chi connectivity index (χ2v) is 5.43. The molecule has 2 rings (SSSR count). The Morgan fingerprint density at radius 1 is 1.37 bits per heavy atom. The smallest absolute Gasteiger partial charge is 0.119 e. The van der Waals surface area contributed by atoms with Crippen LogP contribution in [-0.4, -0.2) is 7.11 Å². The van der Waals surface area contributed by atoms with Gasteiger partial charge in [0, 0.05) is 17.5 Å². The molecule has 0 bridgehead atoms. The van der Waals surface area contributed by atoms with Gasteiger partial charge in [0.15, 0.2) is 0 Å². The van der Waals surface area contributed by atoms with Gasteiger partial charge in [0.05, 0.1) is 7.11 Å². The van der Waals surface area contributed by atoms with Gasteiger partial charge in [0.1, 0.15) is 16.7 Å². The molecular weight excluding hydrogens is 256 g/mol. The Kier molecular flexibility index (Phi) is 4.56. The van der Waals surface area contributed by atoms with Gasteiger partial charge in [-0.3, -0.25) is 0 Å². The summed E-state index contributed by atoms with van der Waals surface area (Å²) in [5.74, 6) is 0.869. The van der Waals surface area contributed by atoms with Gasteiger partial charge >= 0.3 is 0 Å². The van der Waals surface area contributed by atoms with Crippen LogP contribution in [0, 0.1) is 11.3 Å². The van der Waals surface area contributed by atoms with E-state index in [1.807, 2.05) is 30.3 Å². The van der Waals surface area contributed by atoms with E-state index in [4.69, 9.17) is 10.00 Å². The monoisotopic (exact) mass is 272 g/mol. The van der Waals surface area contributed by atoms with E-state index in [2.05, 4.69) is 24.4 Å². The van der Waals surface area contributed by atoms with Gasteiger partial charge in [-0.15, -0.1) is 11.3 Å². The number of nitrogens with one attached hydrogen (secondary N) is 1. The summed E-state index contributed by atoms with van der Waals surface area (Å²) in [6, 6.07) is 14.3. The predicted molar refractivity (Wildman–Crippen MR) is 77.3 cm³/mol. The van der Waals surface area contributed by atoms with Crippen LogP contribution in [0.1, 0.15) is 28.3 Å². The molecule has 1 aromatic heterocycles. The molecule has 0 aliphatic rings. The Labute approximate surface area is 117 Å². The molecular formula is C15H16N2OS. The number of ether oxygens (including phenoxy) is 1. The van der Waals surface area contributed by atoms with Crippen LogP contribution in [0.4, 0.5) is 0 Å². The van der Waals surface area contributed by atoms with Gasteiger partial charge in [-0.05, 0) is 36.8 Å². The van der Waals surface area contributed by atoms with Crippen molar-refractivity contribution >= 4 is 11.3 Å². The summed E-state index contributed by atoms with van der Waals surface area (Å²) in [6.45, 7) is 2.89. The van der Waals surface area contributed by atoms with E-state index in [0.717, 1.165) is 17.2 Å². The number of hydrogen-bond acceptors (Lipinski definition) is 4. The average Bonchev–Trinajstić information content (AvgIpc) is 2.93. The molecule has 2 aromatic rings. The van der Waals surface area contributed by atoms with Gasteiger partial charge < -0.3 is 10.1 Å². The minimum atomic E-state index is 0.239. The molecule has 0 aliphatic heterocycles. The van der Waals surface area contributed by atoms with E-state index < -0.39 is 0 Å². The summed E-state index contributed by atoms with van der Waals surface area (Å²) < 4.78 is 5.22. The molecule has 19 heavy (non-hydrogen) atoms. The van der Waals surface area contributed by atoms with E-state index >= 15 is 0 Å². The first-order valence-electron chi connectivity index (χ1n) is 6.09.